The van der Waals surface area contributed by atoms with Crippen molar-refractivity contribution in [2.45, 2.75) is 60.2 Å². The molecule has 1 N–H and O–H groups in total. The van der Waals surface area contributed by atoms with Gasteiger partial charge in [0.05, 0.1) is 0 Å². The van der Waals surface area contributed by atoms with E-state index in [9.17, 15) is 0 Å². The molecule has 0 amide bonds. The third-order valence-corrected chi connectivity index (χ3v) is 2.97. The highest BCUT2D eigenvalue weighted by atomic mass is 15.2. The number of hydrogen-bond acceptors (Lipinski definition) is 3. The predicted octanol–water partition coefficient (Wildman–Crippen LogP) is 3.12. The van der Waals surface area contributed by atoms with Crippen molar-refractivity contribution in [3.05, 3.63) is 23.4 Å². The molecule has 0 aliphatic carbocycles. The van der Waals surface area contributed by atoms with Crippen LogP contribution in [0.5, 0.6) is 0 Å². The summed E-state index contributed by atoms with van der Waals surface area (Å²) in [5.74, 6) is 1.09. The fraction of sp³-hybridized carbons (Fsp3) is 0.667. The van der Waals surface area contributed by atoms with Crippen molar-refractivity contribution >= 4 is 5.82 Å². The molecule has 0 atom stereocenters. The lowest BCUT2D eigenvalue weighted by molar-refractivity contribution is 0.587. The third-order valence-electron chi connectivity index (χ3n) is 2.97. The lowest BCUT2D eigenvalue weighted by Gasteiger charge is -2.27. The first-order chi connectivity index (χ1) is 8.43. The van der Waals surface area contributed by atoms with E-state index in [1.54, 1.807) is 0 Å². The van der Waals surface area contributed by atoms with Gasteiger partial charge >= 0.3 is 0 Å². The average Bonchev–Trinajstić information content (AvgIpc) is 2.26. The van der Waals surface area contributed by atoms with E-state index >= 15 is 0 Å². The second-order valence-electron chi connectivity index (χ2n) is 5.39. The summed E-state index contributed by atoms with van der Waals surface area (Å²) < 4.78 is 0. The van der Waals surface area contributed by atoms with E-state index in [0.29, 0.717) is 12.1 Å². The van der Waals surface area contributed by atoms with Crippen LogP contribution < -0.4 is 10.2 Å². The second kappa shape index (κ2) is 6.74. The Kier molecular flexibility index (Phi) is 5.60. The van der Waals surface area contributed by atoms with Crippen LogP contribution in [0, 0.1) is 6.92 Å². The number of aryl methyl sites for hydroxylation is 1. The Labute approximate surface area is 112 Å². The van der Waals surface area contributed by atoms with Gasteiger partial charge in [-0.1, -0.05) is 13.8 Å². The number of rotatable bonds is 6. The summed E-state index contributed by atoms with van der Waals surface area (Å²) in [5, 5.41) is 3.46. The monoisotopic (exact) mass is 249 g/mol. The van der Waals surface area contributed by atoms with E-state index in [1.165, 1.54) is 5.56 Å². The molecular formula is C15H27N3. The first kappa shape index (κ1) is 15.0. The van der Waals surface area contributed by atoms with Gasteiger partial charge < -0.3 is 10.2 Å². The normalized spacial score (nSPS) is 11.3. The summed E-state index contributed by atoms with van der Waals surface area (Å²) in [5.41, 5.74) is 2.40. The highest BCUT2D eigenvalue weighted by Crippen LogP contribution is 2.17. The molecule has 0 spiro atoms. The molecule has 0 fully saturated rings. The maximum atomic E-state index is 4.65. The predicted molar refractivity (Wildman–Crippen MR) is 79.1 cm³/mol. The highest BCUT2D eigenvalue weighted by Gasteiger charge is 2.11. The topological polar surface area (TPSA) is 28.2 Å². The van der Waals surface area contributed by atoms with E-state index in [0.717, 1.165) is 24.6 Å². The van der Waals surface area contributed by atoms with Crippen molar-refractivity contribution < 1.29 is 0 Å². The maximum Gasteiger partial charge on any atom is 0.129 e. The molecule has 0 radical (unpaired) electrons. The lowest BCUT2D eigenvalue weighted by atomic mass is 10.2. The molecule has 3 heteroatoms. The fourth-order valence-electron chi connectivity index (χ4n) is 2.08. The molecule has 1 aromatic heterocycles. The minimum Gasteiger partial charge on any atom is -0.354 e. The van der Waals surface area contributed by atoms with E-state index in [2.05, 4.69) is 68.9 Å². The Morgan fingerprint density at radius 2 is 1.89 bits per heavy atom. The van der Waals surface area contributed by atoms with Gasteiger partial charge in [0.15, 0.2) is 0 Å². The summed E-state index contributed by atoms with van der Waals surface area (Å²) in [4.78, 5) is 6.98. The van der Waals surface area contributed by atoms with Gasteiger partial charge in [0.25, 0.3) is 0 Å². The number of pyridine rings is 1. The van der Waals surface area contributed by atoms with Crippen LogP contribution in [0.15, 0.2) is 12.1 Å². The van der Waals surface area contributed by atoms with Gasteiger partial charge in [-0.3, -0.25) is 0 Å². The molecule has 0 aliphatic heterocycles. The van der Waals surface area contributed by atoms with Crippen molar-refractivity contribution in [1.82, 2.24) is 10.3 Å². The van der Waals surface area contributed by atoms with E-state index in [1.807, 2.05) is 0 Å². The minimum atomic E-state index is 0.482. The third kappa shape index (κ3) is 4.30. The van der Waals surface area contributed by atoms with Gasteiger partial charge in [-0.05, 0) is 45.4 Å². The molecule has 1 rings (SSSR count). The quantitative estimate of drug-likeness (QED) is 0.839. The second-order valence-corrected chi connectivity index (χ2v) is 5.39. The van der Waals surface area contributed by atoms with Crippen LogP contribution in [-0.2, 0) is 6.54 Å². The van der Waals surface area contributed by atoms with E-state index in [4.69, 9.17) is 0 Å². The Morgan fingerprint density at radius 3 is 2.39 bits per heavy atom. The van der Waals surface area contributed by atoms with Gasteiger partial charge in [-0.2, -0.15) is 0 Å². The molecule has 18 heavy (non-hydrogen) atoms. The van der Waals surface area contributed by atoms with Crippen LogP contribution in [0.2, 0.25) is 0 Å². The summed E-state index contributed by atoms with van der Waals surface area (Å²) >= 11 is 0. The average molecular weight is 249 g/mol. The van der Waals surface area contributed by atoms with Gasteiger partial charge in [0, 0.05) is 30.9 Å². The van der Waals surface area contributed by atoms with Gasteiger partial charge in [0.1, 0.15) is 5.82 Å². The molecule has 0 saturated carbocycles. The highest BCUT2D eigenvalue weighted by molar-refractivity contribution is 5.43. The van der Waals surface area contributed by atoms with Crippen molar-refractivity contribution in [2.75, 3.05) is 11.4 Å². The zero-order chi connectivity index (χ0) is 13.7. The Balaban J connectivity index is 2.92. The SMILES string of the molecule is CCN(c1cc(CNC(C)C)cc(C)n1)C(C)C. The number of nitrogens with zero attached hydrogens (tertiary/aromatic N) is 2. The molecule has 0 bridgehead atoms. The first-order valence-corrected chi connectivity index (χ1v) is 6.91. The van der Waals surface area contributed by atoms with Crippen LogP contribution in [0.25, 0.3) is 0 Å². The van der Waals surface area contributed by atoms with E-state index < -0.39 is 0 Å². The zero-order valence-electron chi connectivity index (χ0n) is 12.6. The van der Waals surface area contributed by atoms with Crippen LogP contribution in [0.4, 0.5) is 5.82 Å². The van der Waals surface area contributed by atoms with Crippen LogP contribution in [-0.4, -0.2) is 23.6 Å². The summed E-state index contributed by atoms with van der Waals surface area (Å²) in [6.45, 7) is 14.9. The maximum absolute atomic E-state index is 4.65. The molecule has 0 saturated heterocycles. The number of hydrogen-bond donors (Lipinski definition) is 1. The van der Waals surface area contributed by atoms with Crippen molar-refractivity contribution in [2.24, 2.45) is 0 Å². The van der Waals surface area contributed by atoms with Crippen molar-refractivity contribution in [3.8, 4) is 0 Å². The standard InChI is InChI=1S/C15H27N3/c1-7-18(12(4)5)15-9-14(8-13(6)17-15)10-16-11(2)3/h8-9,11-12,16H,7,10H2,1-6H3. The Hall–Kier alpha value is -1.09. The summed E-state index contributed by atoms with van der Waals surface area (Å²) in [7, 11) is 0. The summed E-state index contributed by atoms with van der Waals surface area (Å²) in [6, 6.07) is 5.35. The number of anilines is 1. The number of nitrogens with one attached hydrogen (secondary N) is 1. The van der Waals surface area contributed by atoms with Crippen LogP contribution in [0.3, 0.4) is 0 Å². The van der Waals surface area contributed by atoms with Gasteiger partial charge in [-0.25, -0.2) is 4.98 Å². The van der Waals surface area contributed by atoms with Gasteiger partial charge in [-0.15, -0.1) is 0 Å². The van der Waals surface area contributed by atoms with Gasteiger partial charge in [0.2, 0.25) is 0 Å². The Morgan fingerprint density at radius 1 is 1.22 bits per heavy atom. The molecule has 102 valence electrons. The zero-order valence-corrected chi connectivity index (χ0v) is 12.6. The lowest BCUT2D eigenvalue weighted by Crippen LogP contribution is -2.31. The van der Waals surface area contributed by atoms with Crippen LogP contribution in [0.1, 0.15) is 45.9 Å². The summed E-state index contributed by atoms with van der Waals surface area (Å²) in [6.07, 6.45) is 0. The van der Waals surface area contributed by atoms with Crippen molar-refractivity contribution in [3.63, 3.8) is 0 Å². The molecule has 1 heterocycles. The molecule has 0 aromatic carbocycles. The first-order valence-electron chi connectivity index (χ1n) is 6.91. The smallest absolute Gasteiger partial charge is 0.129 e. The largest absolute Gasteiger partial charge is 0.354 e. The van der Waals surface area contributed by atoms with Crippen LogP contribution >= 0.6 is 0 Å². The fourth-order valence-corrected chi connectivity index (χ4v) is 2.08. The molecule has 3 nitrogen and oxygen atoms in total. The van der Waals surface area contributed by atoms with E-state index in [-0.39, 0.29) is 0 Å². The molecule has 1 aromatic rings. The molecule has 0 aliphatic rings. The Bertz CT molecular complexity index is 372. The number of aromatic nitrogens is 1. The minimum absolute atomic E-state index is 0.482. The molecular weight excluding hydrogens is 222 g/mol. The molecule has 0 unspecified atom stereocenters. The van der Waals surface area contributed by atoms with Crippen molar-refractivity contribution in [1.29, 1.82) is 0 Å².